The molecule has 0 saturated carbocycles. The maximum Gasteiger partial charge on any atom is 0.261 e. The van der Waals surface area contributed by atoms with Crippen molar-refractivity contribution in [3.63, 3.8) is 0 Å². The summed E-state index contributed by atoms with van der Waals surface area (Å²) in [5, 5.41) is 9.67. The summed E-state index contributed by atoms with van der Waals surface area (Å²) < 4.78 is 27.3. The first-order chi connectivity index (χ1) is 10.1. The number of hydrogen-bond donors (Lipinski definition) is 2. The van der Waals surface area contributed by atoms with E-state index in [1.165, 1.54) is 24.3 Å². The number of nitrogens with one attached hydrogen (secondary N) is 2. The van der Waals surface area contributed by atoms with Gasteiger partial charge in [-0.15, -0.1) is 0 Å². The molecule has 3 rings (SSSR count). The van der Waals surface area contributed by atoms with Crippen molar-refractivity contribution in [3.8, 4) is 6.07 Å². The smallest absolute Gasteiger partial charge is 0.261 e. The number of benzene rings is 2. The molecule has 0 amide bonds. The van der Waals surface area contributed by atoms with Crippen LogP contribution in [0.3, 0.4) is 0 Å². The Morgan fingerprint density at radius 2 is 1.81 bits per heavy atom. The Bertz CT molecular complexity index is 935. The monoisotopic (exact) mass is 297 g/mol. The van der Waals surface area contributed by atoms with Gasteiger partial charge in [0, 0.05) is 11.6 Å². The molecule has 21 heavy (non-hydrogen) atoms. The molecule has 1 heterocycles. The Labute approximate surface area is 121 Å². The third kappa shape index (κ3) is 2.47. The molecule has 0 saturated heterocycles. The summed E-state index contributed by atoms with van der Waals surface area (Å²) in [6.45, 7) is 0. The van der Waals surface area contributed by atoms with E-state index in [-0.39, 0.29) is 4.90 Å². The fourth-order valence-corrected chi connectivity index (χ4v) is 3.15. The summed E-state index contributed by atoms with van der Waals surface area (Å²) >= 11 is 0. The first kappa shape index (κ1) is 13.2. The van der Waals surface area contributed by atoms with E-state index < -0.39 is 10.0 Å². The molecule has 0 bridgehead atoms. The third-order valence-electron chi connectivity index (χ3n) is 3.13. The van der Waals surface area contributed by atoms with Gasteiger partial charge in [-0.25, -0.2) is 8.42 Å². The van der Waals surface area contributed by atoms with Gasteiger partial charge in [-0.05, 0) is 36.4 Å². The number of aromatic amines is 1. The molecular weight excluding hydrogens is 286 g/mol. The Balaban J connectivity index is 1.99. The molecular formula is C15H11N3O2S. The predicted octanol–water partition coefficient (Wildman–Crippen LogP) is 2.84. The number of H-pyrrole nitrogens is 1. The van der Waals surface area contributed by atoms with E-state index in [0.717, 1.165) is 10.9 Å². The second kappa shape index (κ2) is 4.96. The van der Waals surface area contributed by atoms with E-state index in [9.17, 15) is 8.42 Å². The number of sulfonamides is 1. The number of hydrogen-bond acceptors (Lipinski definition) is 3. The average molecular weight is 297 g/mol. The number of aromatic nitrogens is 1. The Hall–Kier alpha value is -2.78. The standard InChI is InChI=1S/C15H11N3O2S/c16-10-11-4-6-13(7-5-11)21(19,20)18-14-3-1-2-12-8-9-17-15(12)14/h1-9,17-18H. The van der Waals surface area contributed by atoms with Gasteiger partial charge in [-0.2, -0.15) is 5.26 Å². The quantitative estimate of drug-likeness (QED) is 0.779. The van der Waals surface area contributed by atoms with Crippen molar-refractivity contribution in [3.05, 3.63) is 60.3 Å². The van der Waals surface area contributed by atoms with E-state index in [1.54, 1.807) is 18.3 Å². The molecule has 5 nitrogen and oxygen atoms in total. The minimum atomic E-state index is -3.69. The van der Waals surface area contributed by atoms with Crippen LogP contribution >= 0.6 is 0 Å². The van der Waals surface area contributed by atoms with Gasteiger partial charge in [0.15, 0.2) is 0 Å². The van der Waals surface area contributed by atoms with E-state index in [2.05, 4.69) is 9.71 Å². The first-order valence-electron chi connectivity index (χ1n) is 6.19. The Morgan fingerprint density at radius 1 is 1.05 bits per heavy atom. The van der Waals surface area contributed by atoms with Crippen LogP contribution in [0.4, 0.5) is 5.69 Å². The van der Waals surface area contributed by atoms with Crippen LogP contribution in [0.25, 0.3) is 10.9 Å². The normalized spacial score (nSPS) is 11.2. The molecule has 2 N–H and O–H groups in total. The number of fused-ring (bicyclic) bond motifs is 1. The van der Waals surface area contributed by atoms with Crippen LogP contribution in [0.5, 0.6) is 0 Å². The highest BCUT2D eigenvalue weighted by Gasteiger charge is 2.15. The van der Waals surface area contributed by atoms with Crippen LogP contribution in [-0.4, -0.2) is 13.4 Å². The van der Waals surface area contributed by atoms with Crippen molar-refractivity contribution in [2.24, 2.45) is 0 Å². The molecule has 0 atom stereocenters. The number of para-hydroxylation sites is 1. The summed E-state index contributed by atoms with van der Waals surface area (Å²) in [6.07, 6.45) is 1.75. The SMILES string of the molecule is N#Cc1ccc(S(=O)(=O)Nc2cccc3cc[nH]c23)cc1. The number of nitrogens with zero attached hydrogens (tertiary/aromatic N) is 1. The minimum absolute atomic E-state index is 0.116. The van der Waals surface area contributed by atoms with Gasteiger partial charge in [-0.3, -0.25) is 4.72 Å². The molecule has 0 spiro atoms. The van der Waals surface area contributed by atoms with Crippen molar-refractivity contribution >= 4 is 26.6 Å². The molecule has 0 radical (unpaired) electrons. The highest BCUT2D eigenvalue weighted by Crippen LogP contribution is 2.24. The van der Waals surface area contributed by atoms with Crippen molar-refractivity contribution in [1.29, 1.82) is 5.26 Å². The van der Waals surface area contributed by atoms with Gasteiger partial charge in [0.05, 0.1) is 27.7 Å². The lowest BCUT2D eigenvalue weighted by Gasteiger charge is -2.09. The molecule has 0 unspecified atom stereocenters. The van der Waals surface area contributed by atoms with Crippen molar-refractivity contribution < 1.29 is 8.42 Å². The molecule has 1 aromatic heterocycles. The summed E-state index contributed by atoms with van der Waals surface area (Å²) in [7, 11) is -3.69. The first-order valence-corrected chi connectivity index (χ1v) is 7.67. The van der Waals surface area contributed by atoms with Crippen molar-refractivity contribution in [2.75, 3.05) is 4.72 Å². The summed E-state index contributed by atoms with van der Waals surface area (Å²) in [5.41, 5.74) is 1.64. The molecule has 0 fully saturated rings. The molecule has 104 valence electrons. The van der Waals surface area contributed by atoms with E-state index in [0.29, 0.717) is 11.3 Å². The van der Waals surface area contributed by atoms with Gasteiger partial charge in [0.25, 0.3) is 10.0 Å². The second-order valence-corrected chi connectivity index (χ2v) is 6.17. The zero-order chi connectivity index (χ0) is 14.9. The zero-order valence-electron chi connectivity index (χ0n) is 10.9. The Kier molecular flexibility index (Phi) is 3.12. The molecule has 2 aromatic carbocycles. The van der Waals surface area contributed by atoms with Crippen LogP contribution in [0, 0.1) is 11.3 Å². The fourth-order valence-electron chi connectivity index (χ4n) is 2.08. The van der Waals surface area contributed by atoms with Gasteiger partial charge >= 0.3 is 0 Å². The van der Waals surface area contributed by atoms with Crippen LogP contribution in [-0.2, 0) is 10.0 Å². The minimum Gasteiger partial charge on any atom is -0.359 e. The highest BCUT2D eigenvalue weighted by molar-refractivity contribution is 7.92. The summed E-state index contributed by atoms with van der Waals surface area (Å²) in [6, 6.07) is 15.0. The maximum absolute atomic E-state index is 12.4. The van der Waals surface area contributed by atoms with Crippen LogP contribution < -0.4 is 4.72 Å². The Morgan fingerprint density at radius 3 is 2.52 bits per heavy atom. The van der Waals surface area contributed by atoms with Crippen LogP contribution in [0.1, 0.15) is 5.56 Å². The predicted molar refractivity (Wildman–Crippen MR) is 80.3 cm³/mol. The molecule has 0 aliphatic carbocycles. The van der Waals surface area contributed by atoms with Crippen LogP contribution in [0.15, 0.2) is 59.6 Å². The van der Waals surface area contributed by atoms with E-state index in [4.69, 9.17) is 5.26 Å². The third-order valence-corrected chi connectivity index (χ3v) is 4.51. The van der Waals surface area contributed by atoms with Gasteiger partial charge in [0.1, 0.15) is 0 Å². The summed E-state index contributed by atoms with van der Waals surface area (Å²) in [5.74, 6) is 0. The molecule has 0 aliphatic heterocycles. The highest BCUT2D eigenvalue weighted by atomic mass is 32.2. The van der Waals surface area contributed by atoms with Crippen molar-refractivity contribution in [2.45, 2.75) is 4.90 Å². The average Bonchev–Trinajstić information content (AvgIpc) is 2.97. The van der Waals surface area contributed by atoms with Crippen LogP contribution in [0.2, 0.25) is 0 Å². The lowest BCUT2D eigenvalue weighted by molar-refractivity contribution is 0.601. The fraction of sp³-hybridized carbons (Fsp3) is 0. The maximum atomic E-state index is 12.4. The lowest BCUT2D eigenvalue weighted by Crippen LogP contribution is -2.13. The number of rotatable bonds is 3. The summed E-state index contributed by atoms with van der Waals surface area (Å²) in [4.78, 5) is 3.13. The van der Waals surface area contributed by atoms with E-state index in [1.807, 2.05) is 18.2 Å². The second-order valence-electron chi connectivity index (χ2n) is 4.49. The molecule has 0 aliphatic rings. The number of anilines is 1. The zero-order valence-corrected chi connectivity index (χ0v) is 11.7. The largest absolute Gasteiger partial charge is 0.359 e. The molecule has 3 aromatic rings. The topological polar surface area (TPSA) is 85.8 Å². The lowest BCUT2D eigenvalue weighted by atomic mass is 10.2. The van der Waals surface area contributed by atoms with Crippen molar-refractivity contribution in [1.82, 2.24) is 4.98 Å². The molecule has 6 heteroatoms. The van der Waals surface area contributed by atoms with Gasteiger partial charge in [-0.1, -0.05) is 12.1 Å². The van der Waals surface area contributed by atoms with E-state index >= 15 is 0 Å². The van der Waals surface area contributed by atoms with Gasteiger partial charge < -0.3 is 4.98 Å². The van der Waals surface area contributed by atoms with Gasteiger partial charge in [0.2, 0.25) is 0 Å². The number of nitriles is 1.